The van der Waals surface area contributed by atoms with Crippen molar-refractivity contribution in [3.63, 3.8) is 0 Å². The Balaban J connectivity index is 1.46. The van der Waals surface area contributed by atoms with E-state index in [1.165, 1.54) is 17.0 Å². The van der Waals surface area contributed by atoms with Crippen molar-refractivity contribution in [3.05, 3.63) is 101 Å². The number of fused-ring (bicyclic) bond motifs is 1. The molecule has 0 bridgehead atoms. The third kappa shape index (κ3) is 5.25. The second-order valence-electron chi connectivity index (χ2n) is 9.81. The van der Waals surface area contributed by atoms with Gasteiger partial charge in [-0.15, -0.1) is 0 Å². The maximum absolute atomic E-state index is 14.6. The summed E-state index contributed by atoms with van der Waals surface area (Å²) in [4.78, 5) is 19.0. The van der Waals surface area contributed by atoms with Crippen molar-refractivity contribution in [2.45, 2.75) is 32.9 Å². The van der Waals surface area contributed by atoms with Gasteiger partial charge in [0.2, 0.25) is 0 Å². The number of hydrogen-bond acceptors (Lipinski definition) is 6. The molecule has 206 valence electrons. The fourth-order valence-electron chi connectivity index (χ4n) is 4.65. The van der Waals surface area contributed by atoms with Gasteiger partial charge in [-0.2, -0.15) is 5.10 Å². The van der Waals surface area contributed by atoms with Gasteiger partial charge < -0.3 is 19.8 Å². The summed E-state index contributed by atoms with van der Waals surface area (Å²) in [5, 5.41) is 23.6. The van der Waals surface area contributed by atoms with Gasteiger partial charge in [-0.05, 0) is 53.4 Å². The molecule has 0 unspecified atom stereocenters. The molecule has 2 aromatic carbocycles. The molecule has 2 N–H and O–H groups in total. The van der Waals surface area contributed by atoms with Crippen LogP contribution in [0.1, 0.15) is 41.4 Å². The first kappa shape index (κ1) is 26.9. The molecule has 8 nitrogen and oxygen atoms in total. The predicted molar refractivity (Wildman–Crippen MR) is 145 cm³/mol. The lowest BCUT2D eigenvalue weighted by atomic mass is 9.98. The Kier molecular flexibility index (Phi) is 7.50. The molecule has 0 spiro atoms. The molecular formula is C30H28F2N4O4. The maximum atomic E-state index is 14.6. The maximum Gasteiger partial charge on any atom is 0.273 e. The lowest BCUT2D eigenvalue weighted by molar-refractivity contribution is 0.0693. The number of nitrogens with zero attached hydrogens (tertiary/aromatic N) is 4. The smallest absolute Gasteiger partial charge is 0.273 e. The first-order valence-electron chi connectivity index (χ1n) is 12.8. The van der Waals surface area contributed by atoms with Crippen molar-refractivity contribution in [1.82, 2.24) is 19.7 Å². The zero-order chi connectivity index (χ0) is 28.4. The summed E-state index contributed by atoms with van der Waals surface area (Å²) < 4.78 is 36.5. The molecule has 5 rings (SSSR count). The topological polar surface area (TPSA) is 101 Å². The zero-order valence-corrected chi connectivity index (χ0v) is 22.0. The van der Waals surface area contributed by atoms with E-state index in [4.69, 9.17) is 14.9 Å². The molecule has 0 atom stereocenters. The Morgan fingerprint density at radius 2 is 1.73 bits per heavy atom. The SMILES string of the molecule is CC(C)c1cc(F)c(COc2ccc(-c3c(-c4ccncc4)nn4c3C(=O)N(C/C(O)=C/O)CC4)cc2)c(F)c1. The van der Waals surface area contributed by atoms with Crippen LogP contribution in [-0.4, -0.2) is 48.9 Å². The fourth-order valence-corrected chi connectivity index (χ4v) is 4.65. The van der Waals surface area contributed by atoms with Crippen LogP contribution >= 0.6 is 0 Å². The monoisotopic (exact) mass is 546 g/mol. The minimum absolute atomic E-state index is 0.00562. The van der Waals surface area contributed by atoms with Gasteiger partial charge in [-0.25, -0.2) is 8.78 Å². The quantitative estimate of drug-likeness (QED) is 0.263. The second-order valence-corrected chi connectivity index (χ2v) is 9.81. The highest BCUT2D eigenvalue weighted by Crippen LogP contribution is 2.37. The Hall–Kier alpha value is -4.73. The number of benzene rings is 2. The number of carbonyl (C=O) groups is 1. The van der Waals surface area contributed by atoms with E-state index in [0.29, 0.717) is 53.2 Å². The lowest BCUT2D eigenvalue weighted by Gasteiger charge is -2.27. The highest BCUT2D eigenvalue weighted by Gasteiger charge is 2.32. The van der Waals surface area contributed by atoms with Gasteiger partial charge >= 0.3 is 0 Å². The molecule has 0 aliphatic carbocycles. The van der Waals surface area contributed by atoms with Gasteiger partial charge in [-0.1, -0.05) is 26.0 Å². The number of hydrogen-bond donors (Lipinski definition) is 2. The molecule has 2 aromatic heterocycles. The molecule has 1 aliphatic heterocycles. The third-order valence-corrected chi connectivity index (χ3v) is 6.84. The van der Waals surface area contributed by atoms with Crippen molar-refractivity contribution in [2.75, 3.05) is 13.1 Å². The summed E-state index contributed by atoms with van der Waals surface area (Å²) in [5.74, 6) is -1.59. The Labute approximate surface area is 229 Å². The highest BCUT2D eigenvalue weighted by molar-refractivity contribution is 6.03. The Morgan fingerprint density at radius 1 is 1.05 bits per heavy atom. The molecular weight excluding hydrogens is 518 g/mol. The van der Waals surface area contributed by atoms with Crippen molar-refractivity contribution in [1.29, 1.82) is 0 Å². The summed E-state index contributed by atoms with van der Waals surface area (Å²) in [5.41, 5.74) is 3.38. The van der Waals surface area contributed by atoms with Gasteiger partial charge in [0.05, 0.1) is 18.7 Å². The summed E-state index contributed by atoms with van der Waals surface area (Å²) in [7, 11) is 0. The number of aromatic nitrogens is 3. The third-order valence-electron chi connectivity index (χ3n) is 6.84. The van der Waals surface area contributed by atoms with Crippen LogP contribution in [0.5, 0.6) is 5.75 Å². The predicted octanol–water partition coefficient (Wildman–Crippen LogP) is 6.01. The molecule has 0 radical (unpaired) electrons. The Bertz CT molecular complexity index is 1540. The number of rotatable bonds is 8. The number of aliphatic hydroxyl groups is 2. The molecule has 1 aliphatic rings. The number of halogens is 2. The van der Waals surface area contributed by atoms with E-state index >= 15 is 0 Å². The number of aliphatic hydroxyl groups excluding tert-OH is 2. The van der Waals surface area contributed by atoms with Crippen LogP contribution in [0, 0.1) is 11.6 Å². The van der Waals surface area contributed by atoms with Crippen molar-refractivity contribution in [2.24, 2.45) is 0 Å². The van der Waals surface area contributed by atoms with E-state index in [2.05, 4.69) is 4.98 Å². The van der Waals surface area contributed by atoms with Crippen LogP contribution in [0.2, 0.25) is 0 Å². The molecule has 10 heteroatoms. The van der Waals surface area contributed by atoms with Crippen LogP contribution in [0.25, 0.3) is 22.4 Å². The second kappa shape index (κ2) is 11.2. The molecule has 3 heterocycles. The molecule has 1 amide bonds. The van der Waals surface area contributed by atoms with E-state index in [1.807, 2.05) is 13.8 Å². The molecule has 0 saturated heterocycles. The van der Waals surface area contributed by atoms with Crippen LogP contribution in [-0.2, 0) is 13.2 Å². The number of pyridine rings is 1. The van der Waals surface area contributed by atoms with Gasteiger partial charge in [0.1, 0.15) is 47.4 Å². The van der Waals surface area contributed by atoms with E-state index < -0.39 is 11.6 Å². The van der Waals surface area contributed by atoms with Crippen LogP contribution in [0.4, 0.5) is 8.78 Å². The van der Waals surface area contributed by atoms with Gasteiger partial charge in [0.25, 0.3) is 5.91 Å². The molecule has 40 heavy (non-hydrogen) atoms. The minimum atomic E-state index is -0.654. The highest BCUT2D eigenvalue weighted by atomic mass is 19.1. The first-order valence-corrected chi connectivity index (χ1v) is 12.8. The number of carbonyl (C=O) groups excluding carboxylic acids is 1. The van der Waals surface area contributed by atoms with Crippen LogP contribution in [0.15, 0.2) is 72.9 Å². The molecule has 0 saturated carbocycles. The van der Waals surface area contributed by atoms with Crippen LogP contribution in [0.3, 0.4) is 0 Å². The average molecular weight is 547 g/mol. The van der Waals surface area contributed by atoms with Crippen molar-refractivity contribution >= 4 is 5.91 Å². The van der Waals surface area contributed by atoms with E-state index in [-0.39, 0.29) is 36.3 Å². The number of amides is 1. The summed E-state index contributed by atoms with van der Waals surface area (Å²) >= 11 is 0. The lowest BCUT2D eigenvalue weighted by Crippen LogP contribution is -2.41. The average Bonchev–Trinajstić information content (AvgIpc) is 3.35. The van der Waals surface area contributed by atoms with Crippen molar-refractivity contribution < 1.29 is 28.5 Å². The Morgan fingerprint density at radius 3 is 2.35 bits per heavy atom. The van der Waals surface area contributed by atoms with E-state index in [9.17, 15) is 18.7 Å². The van der Waals surface area contributed by atoms with Crippen molar-refractivity contribution in [3.8, 4) is 28.1 Å². The summed E-state index contributed by atoms with van der Waals surface area (Å²) in [6.07, 6.45) is 3.84. The van der Waals surface area contributed by atoms with Crippen LogP contribution < -0.4 is 4.74 Å². The first-order chi connectivity index (χ1) is 19.3. The minimum Gasteiger partial charge on any atom is -0.512 e. The standard InChI is InChI=1S/C30H28F2N4O4/c1-18(2)21-13-25(31)24(26(32)14-21)17-40-23-5-3-19(4-6-23)27-28(20-7-9-33-10-8-20)34-36-12-11-35(15-22(38)16-37)30(39)29(27)36/h3-10,13-14,16,18,37-38H,11-12,15,17H2,1-2H3/b22-16-. The molecule has 4 aromatic rings. The summed E-state index contributed by atoms with van der Waals surface area (Å²) in [6.45, 7) is 4.01. The summed E-state index contributed by atoms with van der Waals surface area (Å²) in [6, 6.07) is 13.1. The fraction of sp³-hybridized carbons (Fsp3) is 0.233. The zero-order valence-electron chi connectivity index (χ0n) is 22.0. The largest absolute Gasteiger partial charge is 0.512 e. The van der Waals surface area contributed by atoms with E-state index in [0.717, 1.165) is 5.56 Å². The van der Waals surface area contributed by atoms with Gasteiger partial charge in [0.15, 0.2) is 0 Å². The number of ether oxygens (including phenoxy) is 1. The van der Waals surface area contributed by atoms with E-state index in [1.54, 1.807) is 53.5 Å². The van der Waals surface area contributed by atoms with Gasteiger partial charge in [-0.3, -0.25) is 14.5 Å². The molecule has 0 fully saturated rings. The normalized spacial score (nSPS) is 13.6. The van der Waals surface area contributed by atoms with Gasteiger partial charge in [0, 0.05) is 30.1 Å².